The molecule has 0 bridgehead atoms. The Morgan fingerprint density at radius 2 is 2.07 bits per heavy atom. The fourth-order valence-corrected chi connectivity index (χ4v) is 3.69. The summed E-state index contributed by atoms with van der Waals surface area (Å²) in [5.41, 5.74) is 2.37. The van der Waals surface area contributed by atoms with E-state index in [1.54, 1.807) is 0 Å². The van der Waals surface area contributed by atoms with E-state index in [0.29, 0.717) is 29.3 Å². The average molecular weight is 417 g/mol. The van der Waals surface area contributed by atoms with Crippen LogP contribution in [0.4, 0.5) is 11.5 Å². The molecule has 0 aliphatic heterocycles. The van der Waals surface area contributed by atoms with Gasteiger partial charge in [-0.25, -0.2) is 9.97 Å². The number of hydrogen-bond acceptors (Lipinski definition) is 7. The zero-order valence-electron chi connectivity index (χ0n) is 17.2. The molecule has 1 aliphatic carbocycles. The third kappa shape index (κ3) is 6.33. The van der Waals surface area contributed by atoms with E-state index in [1.165, 1.54) is 31.5 Å². The molecule has 2 aromatic rings. The molecule has 2 N–H and O–H groups in total. The minimum atomic E-state index is -0.158. The number of thioether (sulfide) groups is 1. The van der Waals surface area contributed by atoms with Crippen LogP contribution in [-0.4, -0.2) is 35.0 Å². The number of nitrogens with one attached hydrogen (secondary N) is 2. The molecule has 3 rings (SSSR count). The van der Waals surface area contributed by atoms with Crippen molar-refractivity contribution in [1.29, 1.82) is 0 Å². The number of aromatic nitrogens is 2. The Morgan fingerprint density at radius 1 is 1.28 bits per heavy atom. The molecule has 1 saturated carbocycles. The van der Waals surface area contributed by atoms with E-state index in [4.69, 9.17) is 9.47 Å². The predicted octanol–water partition coefficient (Wildman–Crippen LogP) is 4.37. The summed E-state index contributed by atoms with van der Waals surface area (Å²) in [6.07, 6.45) is 6.99. The van der Waals surface area contributed by atoms with Crippen LogP contribution in [0.15, 0.2) is 29.4 Å². The van der Waals surface area contributed by atoms with Crippen molar-refractivity contribution in [1.82, 2.24) is 9.97 Å². The standard InChI is InChI=1S/C21H28N4O3S/c1-14-19(24-15(2)26)20(25-21(23-14)29-3)22-12-16-7-6-10-18(11-16)28-13-27-17-8-4-5-9-17/h6-7,10-11,17H,4-5,8-9,12-13H2,1-3H3,(H,24,26)(H,22,23,25). The van der Waals surface area contributed by atoms with Crippen molar-refractivity contribution < 1.29 is 14.3 Å². The number of benzene rings is 1. The first-order valence-corrected chi connectivity index (χ1v) is 11.0. The number of amides is 1. The van der Waals surface area contributed by atoms with Crippen molar-refractivity contribution in [2.24, 2.45) is 0 Å². The molecule has 1 fully saturated rings. The van der Waals surface area contributed by atoms with Gasteiger partial charge in [-0.05, 0) is 43.7 Å². The summed E-state index contributed by atoms with van der Waals surface area (Å²) in [5, 5.41) is 6.78. The fraction of sp³-hybridized carbons (Fsp3) is 0.476. The van der Waals surface area contributed by atoms with Crippen LogP contribution in [0.3, 0.4) is 0 Å². The number of nitrogens with zero attached hydrogens (tertiary/aromatic N) is 2. The van der Waals surface area contributed by atoms with Crippen LogP contribution in [0, 0.1) is 6.92 Å². The first-order chi connectivity index (χ1) is 14.0. The first-order valence-electron chi connectivity index (χ1n) is 9.82. The van der Waals surface area contributed by atoms with E-state index in [0.717, 1.165) is 29.8 Å². The number of carbonyl (C=O) groups is 1. The summed E-state index contributed by atoms with van der Waals surface area (Å²) in [4.78, 5) is 20.5. The highest BCUT2D eigenvalue weighted by molar-refractivity contribution is 7.98. The molecule has 0 saturated heterocycles. The molecular weight excluding hydrogens is 388 g/mol. The Bertz CT molecular complexity index is 841. The monoisotopic (exact) mass is 416 g/mol. The van der Waals surface area contributed by atoms with Crippen LogP contribution in [-0.2, 0) is 16.1 Å². The Kier molecular flexibility index (Phi) is 7.71. The second-order valence-electron chi connectivity index (χ2n) is 7.04. The smallest absolute Gasteiger partial charge is 0.221 e. The van der Waals surface area contributed by atoms with Crippen LogP contribution in [0.5, 0.6) is 5.75 Å². The van der Waals surface area contributed by atoms with Gasteiger partial charge in [-0.2, -0.15) is 0 Å². The maximum atomic E-state index is 11.6. The first kappa shape index (κ1) is 21.4. The molecule has 1 heterocycles. The minimum Gasteiger partial charge on any atom is -0.468 e. The SMILES string of the molecule is CSc1nc(C)c(NC(C)=O)c(NCc2cccc(OCOC3CCCC3)c2)n1. The lowest BCUT2D eigenvalue weighted by Crippen LogP contribution is -2.14. The molecule has 1 amide bonds. The maximum Gasteiger partial charge on any atom is 0.221 e. The van der Waals surface area contributed by atoms with Crippen LogP contribution in [0.1, 0.15) is 43.9 Å². The van der Waals surface area contributed by atoms with Crippen molar-refractivity contribution in [3.63, 3.8) is 0 Å². The van der Waals surface area contributed by atoms with Crippen LogP contribution >= 0.6 is 11.8 Å². The van der Waals surface area contributed by atoms with Gasteiger partial charge in [0, 0.05) is 13.5 Å². The zero-order chi connectivity index (χ0) is 20.6. The second-order valence-corrected chi connectivity index (χ2v) is 7.81. The van der Waals surface area contributed by atoms with Gasteiger partial charge in [0.2, 0.25) is 5.91 Å². The number of aryl methyl sites for hydroxylation is 1. The number of rotatable bonds is 9. The van der Waals surface area contributed by atoms with Crippen molar-refractivity contribution in [3.05, 3.63) is 35.5 Å². The van der Waals surface area contributed by atoms with Crippen molar-refractivity contribution in [3.8, 4) is 5.75 Å². The normalized spacial score (nSPS) is 14.0. The summed E-state index contributed by atoms with van der Waals surface area (Å²) >= 11 is 1.46. The molecule has 7 nitrogen and oxygen atoms in total. The van der Waals surface area contributed by atoms with Gasteiger partial charge in [-0.1, -0.05) is 36.7 Å². The van der Waals surface area contributed by atoms with Crippen LogP contribution in [0.25, 0.3) is 0 Å². The van der Waals surface area contributed by atoms with Gasteiger partial charge in [-0.3, -0.25) is 4.79 Å². The molecule has 1 aliphatic rings. The Labute approximate surface area is 176 Å². The summed E-state index contributed by atoms with van der Waals surface area (Å²) < 4.78 is 11.5. The lowest BCUT2D eigenvalue weighted by Gasteiger charge is -2.15. The van der Waals surface area contributed by atoms with E-state index in [9.17, 15) is 4.79 Å². The van der Waals surface area contributed by atoms with E-state index < -0.39 is 0 Å². The van der Waals surface area contributed by atoms with E-state index in [-0.39, 0.29) is 12.7 Å². The Hall–Kier alpha value is -2.32. The number of ether oxygens (including phenoxy) is 2. The number of carbonyl (C=O) groups excluding carboxylic acids is 1. The third-order valence-electron chi connectivity index (χ3n) is 4.74. The molecule has 29 heavy (non-hydrogen) atoms. The molecule has 1 aromatic carbocycles. The van der Waals surface area contributed by atoms with Crippen molar-refractivity contribution in [2.45, 2.75) is 57.3 Å². The molecule has 8 heteroatoms. The van der Waals surface area contributed by atoms with Crippen molar-refractivity contribution in [2.75, 3.05) is 23.7 Å². The Balaban J connectivity index is 1.63. The lowest BCUT2D eigenvalue weighted by molar-refractivity contribution is -0.114. The van der Waals surface area contributed by atoms with E-state index in [1.807, 2.05) is 37.4 Å². The van der Waals surface area contributed by atoms with Gasteiger partial charge >= 0.3 is 0 Å². The molecule has 0 spiro atoms. The summed E-state index contributed by atoms with van der Waals surface area (Å²) in [6.45, 7) is 4.14. The Morgan fingerprint density at radius 3 is 2.79 bits per heavy atom. The van der Waals surface area contributed by atoms with E-state index in [2.05, 4.69) is 20.6 Å². The average Bonchev–Trinajstić information content (AvgIpc) is 3.22. The molecule has 0 atom stereocenters. The zero-order valence-corrected chi connectivity index (χ0v) is 18.0. The fourth-order valence-electron chi connectivity index (χ4n) is 3.28. The maximum absolute atomic E-state index is 11.6. The largest absolute Gasteiger partial charge is 0.468 e. The highest BCUT2D eigenvalue weighted by Crippen LogP contribution is 2.26. The van der Waals surface area contributed by atoms with Gasteiger partial charge < -0.3 is 20.1 Å². The second kappa shape index (κ2) is 10.5. The van der Waals surface area contributed by atoms with Gasteiger partial charge in [-0.15, -0.1) is 0 Å². The van der Waals surface area contributed by atoms with Gasteiger partial charge in [0.15, 0.2) is 17.8 Å². The quantitative estimate of drug-likeness (QED) is 0.357. The number of hydrogen-bond donors (Lipinski definition) is 2. The topological polar surface area (TPSA) is 85.4 Å². The number of anilines is 2. The van der Waals surface area contributed by atoms with E-state index >= 15 is 0 Å². The van der Waals surface area contributed by atoms with Crippen LogP contribution in [0.2, 0.25) is 0 Å². The van der Waals surface area contributed by atoms with Gasteiger partial charge in [0.05, 0.1) is 11.8 Å². The predicted molar refractivity (Wildman–Crippen MR) is 115 cm³/mol. The third-order valence-corrected chi connectivity index (χ3v) is 5.29. The highest BCUT2D eigenvalue weighted by atomic mass is 32.2. The highest BCUT2D eigenvalue weighted by Gasteiger charge is 2.15. The molecule has 0 radical (unpaired) electrons. The minimum absolute atomic E-state index is 0.158. The molecule has 1 aromatic heterocycles. The molecule has 0 unspecified atom stereocenters. The van der Waals surface area contributed by atoms with Crippen molar-refractivity contribution >= 4 is 29.2 Å². The van der Waals surface area contributed by atoms with Crippen LogP contribution < -0.4 is 15.4 Å². The summed E-state index contributed by atoms with van der Waals surface area (Å²) in [5.74, 6) is 1.22. The summed E-state index contributed by atoms with van der Waals surface area (Å²) in [7, 11) is 0. The van der Waals surface area contributed by atoms with Gasteiger partial charge in [0.1, 0.15) is 11.4 Å². The van der Waals surface area contributed by atoms with Gasteiger partial charge in [0.25, 0.3) is 0 Å². The lowest BCUT2D eigenvalue weighted by atomic mass is 10.2. The molecule has 156 valence electrons. The molecular formula is C21H28N4O3S. The summed E-state index contributed by atoms with van der Waals surface area (Å²) in [6, 6.07) is 7.87.